The van der Waals surface area contributed by atoms with E-state index in [2.05, 4.69) is 19.2 Å². The van der Waals surface area contributed by atoms with E-state index >= 15 is 0 Å². The Balaban J connectivity index is 2.13. The molecule has 0 amide bonds. The Hall–Kier alpha value is -1.13. The molecule has 0 aliphatic carbocycles. The van der Waals surface area contributed by atoms with Crippen LogP contribution in [-0.4, -0.2) is 30.8 Å². The summed E-state index contributed by atoms with van der Waals surface area (Å²) in [5.74, 6) is -0.187. The molecule has 1 aliphatic heterocycles. The van der Waals surface area contributed by atoms with Crippen molar-refractivity contribution in [2.45, 2.75) is 45.2 Å². The number of aliphatic hydroxyl groups is 1. The van der Waals surface area contributed by atoms with Crippen molar-refractivity contribution >= 4 is 5.69 Å². The molecule has 0 aromatic heterocycles. The second-order valence-corrected chi connectivity index (χ2v) is 5.56. The van der Waals surface area contributed by atoms with Crippen LogP contribution in [0.3, 0.4) is 0 Å². The monoisotopic (exact) mass is 280 g/mol. The van der Waals surface area contributed by atoms with Crippen LogP contribution in [0, 0.1) is 5.82 Å². The SMILES string of the molecule is CCCNC(C)c1ccc(N2CCCC2CO)c(F)c1. The van der Waals surface area contributed by atoms with E-state index in [-0.39, 0.29) is 24.5 Å². The molecular weight excluding hydrogens is 255 g/mol. The lowest BCUT2D eigenvalue weighted by molar-refractivity contribution is 0.266. The van der Waals surface area contributed by atoms with Gasteiger partial charge in [0, 0.05) is 12.6 Å². The molecule has 112 valence electrons. The lowest BCUT2D eigenvalue weighted by atomic mass is 10.1. The molecule has 4 heteroatoms. The van der Waals surface area contributed by atoms with Gasteiger partial charge in [0.25, 0.3) is 0 Å². The Labute approximate surface area is 120 Å². The summed E-state index contributed by atoms with van der Waals surface area (Å²) < 4.78 is 14.3. The summed E-state index contributed by atoms with van der Waals surface area (Å²) in [5.41, 5.74) is 1.59. The topological polar surface area (TPSA) is 35.5 Å². The maximum Gasteiger partial charge on any atom is 0.146 e. The van der Waals surface area contributed by atoms with Crippen molar-refractivity contribution in [3.8, 4) is 0 Å². The Morgan fingerprint density at radius 2 is 2.30 bits per heavy atom. The molecule has 2 N–H and O–H groups in total. The molecule has 0 bridgehead atoms. The van der Waals surface area contributed by atoms with Crippen LogP contribution in [0.15, 0.2) is 18.2 Å². The molecule has 1 fully saturated rings. The lowest BCUT2D eigenvalue weighted by Gasteiger charge is -2.26. The van der Waals surface area contributed by atoms with Gasteiger partial charge in [0.2, 0.25) is 0 Å². The van der Waals surface area contributed by atoms with Gasteiger partial charge in [0.05, 0.1) is 18.3 Å². The van der Waals surface area contributed by atoms with Crippen molar-refractivity contribution in [2.75, 3.05) is 24.6 Å². The van der Waals surface area contributed by atoms with E-state index in [1.54, 1.807) is 6.07 Å². The Bertz CT molecular complexity index is 438. The van der Waals surface area contributed by atoms with Gasteiger partial charge in [0.1, 0.15) is 5.82 Å². The van der Waals surface area contributed by atoms with Crippen molar-refractivity contribution in [2.24, 2.45) is 0 Å². The highest BCUT2D eigenvalue weighted by atomic mass is 19.1. The minimum Gasteiger partial charge on any atom is -0.394 e. The number of nitrogens with zero attached hydrogens (tertiary/aromatic N) is 1. The fourth-order valence-electron chi connectivity index (χ4n) is 2.85. The standard InChI is InChI=1S/C16H25FN2O/c1-3-8-18-12(2)13-6-7-16(15(17)10-13)19-9-4-5-14(19)11-20/h6-7,10,12,14,18,20H,3-5,8-9,11H2,1-2H3. The number of hydrogen-bond donors (Lipinski definition) is 2. The van der Waals surface area contributed by atoms with E-state index < -0.39 is 0 Å². The van der Waals surface area contributed by atoms with Crippen LogP contribution in [0.5, 0.6) is 0 Å². The smallest absolute Gasteiger partial charge is 0.146 e. The first-order valence-electron chi connectivity index (χ1n) is 7.57. The van der Waals surface area contributed by atoms with Crippen molar-refractivity contribution in [1.82, 2.24) is 5.32 Å². The second-order valence-electron chi connectivity index (χ2n) is 5.56. The Kier molecular flexibility index (Phi) is 5.38. The maximum atomic E-state index is 14.3. The van der Waals surface area contributed by atoms with Gasteiger partial charge < -0.3 is 15.3 Å². The van der Waals surface area contributed by atoms with Crippen LogP contribution in [0.4, 0.5) is 10.1 Å². The van der Waals surface area contributed by atoms with Gasteiger partial charge in [-0.05, 0) is 50.4 Å². The zero-order valence-corrected chi connectivity index (χ0v) is 12.4. The third-order valence-electron chi connectivity index (χ3n) is 4.07. The van der Waals surface area contributed by atoms with Crippen molar-refractivity contribution in [3.05, 3.63) is 29.6 Å². The molecule has 20 heavy (non-hydrogen) atoms. The molecule has 0 spiro atoms. The van der Waals surface area contributed by atoms with Gasteiger partial charge in [0.15, 0.2) is 0 Å². The van der Waals surface area contributed by atoms with Crippen LogP contribution in [0.25, 0.3) is 0 Å². The Morgan fingerprint density at radius 3 is 2.95 bits per heavy atom. The number of nitrogens with one attached hydrogen (secondary N) is 1. The first kappa shape index (κ1) is 15.3. The van der Waals surface area contributed by atoms with E-state index in [4.69, 9.17) is 0 Å². The summed E-state index contributed by atoms with van der Waals surface area (Å²) in [7, 11) is 0. The van der Waals surface area contributed by atoms with Crippen molar-refractivity contribution < 1.29 is 9.50 Å². The lowest BCUT2D eigenvalue weighted by Crippen LogP contribution is -2.32. The summed E-state index contributed by atoms with van der Waals surface area (Å²) in [6.45, 7) is 6.02. The maximum absolute atomic E-state index is 14.3. The average Bonchev–Trinajstić information content (AvgIpc) is 2.92. The molecule has 0 saturated carbocycles. The first-order chi connectivity index (χ1) is 9.67. The van der Waals surface area contributed by atoms with Crippen LogP contribution in [0.2, 0.25) is 0 Å². The first-order valence-corrected chi connectivity index (χ1v) is 7.57. The quantitative estimate of drug-likeness (QED) is 0.841. The third-order valence-corrected chi connectivity index (χ3v) is 4.07. The molecule has 1 aliphatic rings. The second kappa shape index (κ2) is 7.04. The van der Waals surface area contributed by atoms with Crippen LogP contribution in [0.1, 0.15) is 44.7 Å². The number of aliphatic hydroxyl groups excluding tert-OH is 1. The minimum absolute atomic E-state index is 0.0611. The Morgan fingerprint density at radius 1 is 1.50 bits per heavy atom. The predicted molar refractivity (Wildman–Crippen MR) is 80.6 cm³/mol. The highest BCUT2D eigenvalue weighted by Crippen LogP contribution is 2.29. The third kappa shape index (κ3) is 3.30. The minimum atomic E-state index is -0.187. The summed E-state index contributed by atoms with van der Waals surface area (Å²) in [6.07, 6.45) is 3.02. The summed E-state index contributed by atoms with van der Waals surface area (Å²) in [5, 5.41) is 12.7. The van der Waals surface area contributed by atoms with Gasteiger partial charge in [-0.15, -0.1) is 0 Å². The van der Waals surface area contributed by atoms with Crippen LogP contribution in [-0.2, 0) is 0 Å². The van der Waals surface area contributed by atoms with E-state index in [1.165, 1.54) is 0 Å². The van der Waals surface area contributed by atoms with Gasteiger partial charge in [-0.25, -0.2) is 4.39 Å². The molecule has 2 rings (SSSR count). The van der Waals surface area contributed by atoms with Gasteiger partial charge in [-0.3, -0.25) is 0 Å². The highest BCUT2D eigenvalue weighted by Gasteiger charge is 2.26. The number of hydrogen-bond acceptors (Lipinski definition) is 3. The van der Waals surface area contributed by atoms with E-state index in [0.717, 1.165) is 37.9 Å². The molecule has 2 atom stereocenters. The molecule has 1 heterocycles. The van der Waals surface area contributed by atoms with Gasteiger partial charge >= 0.3 is 0 Å². The molecule has 1 aromatic rings. The van der Waals surface area contributed by atoms with Crippen molar-refractivity contribution in [1.29, 1.82) is 0 Å². The fraction of sp³-hybridized carbons (Fsp3) is 0.625. The summed E-state index contributed by atoms with van der Waals surface area (Å²) >= 11 is 0. The largest absolute Gasteiger partial charge is 0.394 e. The molecule has 2 unspecified atom stereocenters. The fourth-order valence-corrected chi connectivity index (χ4v) is 2.85. The molecule has 0 radical (unpaired) electrons. The van der Waals surface area contributed by atoms with Crippen LogP contribution >= 0.6 is 0 Å². The summed E-state index contributed by atoms with van der Waals surface area (Å²) in [4.78, 5) is 1.99. The van der Waals surface area contributed by atoms with E-state index in [0.29, 0.717) is 5.69 Å². The normalized spacial score (nSPS) is 20.4. The molecule has 3 nitrogen and oxygen atoms in total. The molecular formula is C16H25FN2O. The summed E-state index contributed by atoms with van der Waals surface area (Å²) in [6, 6.07) is 5.67. The highest BCUT2D eigenvalue weighted by molar-refractivity contribution is 5.51. The van der Waals surface area contributed by atoms with E-state index in [9.17, 15) is 9.50 Å². The van der Waals surface area contributed by atoms with Crippen molar-refractivity contribution in [3.63, 3.8) is 0 Å². The zero-order valence-electron chi connectivity index (χ0n) is 12.4. The van der Waals surface area contributed by atoms with E-state index in [1.807, 2.05) is 17.0 Å². The van der Waals surface area contributed by atoms with Gasteiger partial charge in [-0.2, -0.15) is 0 Å². The van der Waals surface area contributed by atoms with Gasteiger partial charge in [-0.1, -0.05) is 13.0 Å². The number of benzene rings is 1. The predicted octanol–water partition coefficient (Wildman–Crippen LogP) is 2.85. The van der Waals surface area contributed by atoms with Crippen LogP contribution < -0.4 is 10.2 Å². The molecule has 1 saturated heterocycles. The molecule has 1 aromatic carbocycles. The number of halogens is 1. The number of rotatable bonds is 6. The zero-order chi connectivity index (χ0) is 14.5. The average molecular weight is 280 g/mol. The number of anilines is 1.